The topological polar surface area (TPSA) is 74.7 Å². The van der Waals surface area contributed by atoms with Crippen LogP contribution in [-0.2, 0) is 15.0 Å². The molecule has 2 bridgehead atoms. The van der Waals surface area contributed by atoms with Gasteiger partial charge in [-0.2, -0.15) is 5.10 Å². The number of hydrogen-bond donors (Lipinski definition) is 1. The average Bonchev–Trinajstić information content (AvgIpc) is 3.52. The largest absolute Gasteiger partial charge is 0.274 e. The number of imide groups is 1. The Kier molecular flexibility index (Phi) is 4.70. The number of benzene rings is 4. The smallest absolute Gasteiger partial charge is 0.239 e. The first-order chi connectivity index (χ1) is 19.2. The monoisotopic (exact) mass is 526 g/mol. The maximum atomic E-state index is 14.3. The van der Waals surface area contributed by atoms with E-state index in [-0.39, 0.29) is 17.7 Å². The minimum absolute atomic E-state index is 0.151. The zero-order valence-corrected chi connectivity index (χ0v) is 21.5. The number of carbonyl (C=O) groups excluding carboxylic acids is 2. The number of hydrazone groups is 1. The van der Waals surface area contributed by atoms with E-state index in [2.05, 4.69) is 34.7 Å². The fourth-order valence-electron chi connectivity index (χ4n) is 6.99. The van der Waals surface area contributed by atoms with E-state index in [0.29, 0.717) is 10.8 Å². The van der Waals surface area contributed by atoms with Crippen molar-refractivity contribution in [3.05, 3.63) is 125 Å². The maximum absolute atomic E-state index is 14.3. The summed E-state index contributed by atoms with van der Waals surface area (Å²) in [7, 11) is 0. The standard InChI is InChI=1S/C32H22N4O2S/c37-29-27-26-20-12-4-6-14-22(20)32(23-15-7-5-13-21(23)26,28(27)30(38)36(29)19-10-2-1-3-11-19)18-33-35-31-34-24-16-8-9-17-25(24)39-31/h1-18,26-28H,(H,34,35)/b33-18+. The molecule has 39 heavy (non-hydrogen) atoms. The van der Waals surface area contributed by atoms with E-state index in [1.165, 1.54) is 16.2 Å². The fraction of sp³-hybridized carbons (Fsp3) is 0.125. The molecule has 7 heteroatoms. The molecule has 2 atom stereocenters. The van der Waals surface area contributed by atoms with Crippen LogP contribution in [0, 0.1) is 11.8 Å². The number of amides is 2. The van der Waals surface area contributed by atoms with Crippen LogP contribution < -0.4 is 10.3 Å². The molecule has 5 aromatic rings. The number of hydrogen-bond acceptors (Lipinski definition) is 6. The van der Waals surface area contributed by atoms with Crippen LogP contribution in [0.15, 0.2) is 108 Å². The molecule has 4 aromatic carbocycles. The van der Waals surface area contributed by atoms with Crippen LogP contribution in [-0.4, -0.2) is 23.0 Å². The van der Waals surface area contributed by atoms with Crippen molar-refractivity contribution in [3.63, 3.8) is 0 Å². The molecule has 6 nitrogen and oxygen atoms in total. The zero-order chi connectivity index (χ0) is 26.1. The van der Waals surface area contributed by atoms with Crippen molar-refractivity contribution in [2.45, 2.75) is 11.3 Å². The van der Waals surface area contributed by atoms with Crippen LogP contribution >= 0.6 is 11.3 Å². The summed E-state index contributed by atoms with van der Waals surface area (Å²) in [4.78, 5) is 34.5. The first kappa shape index (κ1) is 22.4. The van der Waals surface area contributed by atoms with Gasteiger partial charge in [0.2, 0.25) is 16.9 Å². The number of rotatable bonds is 4. The van der Waals surface area contributed by atoms with Crippen molar-refractivity contribution < 1.29 is 9.59 Å². The molecule has 1 aliphatic heterocycles. The average molecular weight is 527 g/mol. The van der Waals surface area contributed by atoms with E-state index in [1.807, 2.05) is 85.1 Å². The second kappa shape index (κ2) is 8.19. The van der Waals surface area contributed by atoms with Gasteiger partial charge in [-0.3, -0.25) is 15.0 Å². The molecule has 2 heterocycles. The van der Waals surface area contributed by atoms with E-state index >= 15 is 0 Å². The summed E-state index contributed by atoms with van der Waals surface area (Å²) in [5, 5.41) is 5.41. The Balaban J connectivity index is 1.32. The molecule has 9 rings (SSSR count). The van der Waals surface area contributed by atoms with Gasteiger partial charge < -0.3 is 0 Å². The highest BCUT2D eigenvalue weighted by molar-refractivity contribution is 7.22. The first-order valence-electron chi connectivity index (χ1n) is 13.0. The van der Waals surface area contributed by atoms with Gasteiger partial charge in [0, 0.05) is 12.1 Å². The highest BCUT2D eigenvalue weighted by Gasteiger charge is 2.68. The molecule has 1 aromatic heterocycles. The normalized spacial score (nSPS) is 24.7. The van der Waals surface area contributed by atoms with Crippen LogP contribution in [0.2, 0.25) is 0 Å². The quantitative estimate of drug-likeness (QED) is 0.179. The third kappa shape index (κ3) is 2.96. The van der Waals surface area contributed by atoms with Gasteiger partial charge in [-0.15, -0.1) is 0 Å². The van der Waals surface area contributed by atoms with Crippen molar-refractivity contribution >= 4 is 50.4 Å². The van der Waals surface area contributed by atoms with Gasteiger partial charge in [0.1, 0.15) is 0 Å². The molecule has 0 saturated carbocycles. The minimum atomic E-state index is -0.910. The first-order valence-corrected chi connectivity index (χ1v) is 13.8. The SMILES string of the molecule is O=C1C2C3c4ccccc4C(/C=N/Nc4nc5ccccc5s4)(c4ccccc43)C2C(=O)N1c1ccccc1. The van der Waals surface area contributed by atoms with Crippen LogP contribution in [0.1, 0.15) is 28.2 Å². The van der Waals surface area contributed by atoms with Gasteiger partial charge in [0.05, 0.1) is 33.2 Å². The Bertz CT molecular complexity index is 1750. The Labute approximate surface area is 228 Å². The fourth-order valence-corrected chi connectivity index (χ4v) is 7.81. The van der Waals surface area contributed by atoms with Crippen molar-refractivity contribution in [2.24, 2.45) is 16.9 Å². The highest BCUT2D eigenvalue weighted by atomic mass is 32.1. The highest BCUT2D eigenvalue weighted by Crippen LogP contribution is 2.63. The predicted molar refractivity (Wildman–Crippen MR) is 153 cm³/mol. The summed E-state index contributed by atoms with van der Waals surface area (Å²) in [5.74, 6) is -1.66. The van der Waals surface area contributed by atoms with Gasteiger partial charge in [-0.1, -0.05) is 90.2 Å². The van der Waals surface area contributed by atoms with Crippen molar-refractivity contribution in [1.82, 2.24) is 4.98 Å². The van der Waals surface area contributed by atoms with Crippen LogP contribution in [0.4, 0.5) is 10.8 Å². The Morgan fingerprint density at radius 1 is 0.795 bits per heavy atom. The second-order valence-corrected chi connectivity index (χ2v) is 11.3. The molecule has 3 aliphatic carbocycles. The van der Waals surface area contributed by atoms with Crippen molar-refractivity contribution in [3.8, 4) is 0 Å². The lowest BCUT2D eigenvalue weighted by molar-refractivity contribution is -0.122. The lowest BCUT2D eigenvalue weighted by Gasteiger charge is -2.52. The van der Waals surface area contributed by atoms with Gasteiger partial charge in [0.25, 0.3) is 0 Å². The molecule has 4 aliphatic rings. The zero-order valence-electron chi connectivity index (χ0n) is 20.7. The summed E-state index contributed by atoms with van der Waals surface area (Å²) < 4.78 is 1.07. The lowest BCUT2D eigenvalue weighted by atomic mass is 9.47. The minimum Gasteiger partial charge on any atom is -0.274 e. The predicted octanol–water partition coefficient (Wildman–Crippen LogP) is 5.95. The van der Waals surface area contributed by atoms with E-state index in [9.17, 15) is 9.59 Å². The van der Waals surface area contributed by atoms with Crippen molar-refractivity contribution in [2.75, 3.05) is 10.3 Å². The molecule has 0 spiro atoms. The van der Waals surface area contributed by atoms with Crippen LogP contribution in [0.3, 0.4) is 0 Å². The number of fused-ring (bicyclic) bond motifs is 1. The van der Waals surface area contributed by atoms with E-state index in [4.69, 9.17) is 5.10 Å². The van der Waals surface area contributed by atoms with Gasteiger partial charge in [-0.05, 0) is 46.5 Å². The third-order valence-corrected chi connectivity index (χ3v) is 9.36. The Morgan fingerprint density at radius 2 is 1.44 bits per heavy atom. The van der Waals surface area contributed by atoms with Crippen molar-refractivity contribution in [1.29, 1.82) is 0 Å². The Hall–Kier alpha value is -4.62. The molecule has 2 unspecified atom stereocenters. The van der Waals surface area contributed by atoms with Gasteiger partial charge >= 0.3 is 0 Å². The molecular formula is C32H22N4O2S. The number of aromatic nitrogens is 1. The van der Waals surface area contributed by atoms with E-state index in [1.54, 1.807) is 0 Å². The molecular weight excluding hydrogens is 504 g/mol. The number of nitrogens with zero attached hydrogens (tertiary/aromatic N) is 3. The Morgan fingerprint density at radius 3 is 2.15 bits per heavy atom. The summed E-state index contributed by atoms with van der Waals surface area (Å²) >= 11 is 1.52. The van der Waals surface area contributed by atoms with E-state index in [0.717, 1.165) is 32.5 Å². The summed E-state index contributed by atoms with van der Waals surface area (Å²) in [6.45, 7) is 0. The summed E-state index contributed by atoms with van der Waals surface area (Å²) in [5.41, 5.74) is 7.96. The molecule has 1 fully saturated rings. The van der Waals surface area contributed by atoms with Crippen LogP contribution in [0.25, 0.3) is 10.2 Å². The molecule has 1 saturated heterocycles. The number of anilines is 2. The van der Waals surface area contributed by atoms with E-state index < -0.39 is 17.3 Å². The molecule has 188 valence electrons. The van der Waals surface area contributed by atoms with Crippen LogP contribution in [0.5, 0.6) is 0 Å². The second-order valence-electron chi connectivity index (χ2n) is 10.2. The summed E-state index contributed by atoms with van der Waals surface area (Å²) in [6, 6.07) is 33.6. The lowest BCUT2D eigenvalue weighted by Crippen LogP contribution is -2.54. The molecule has 0 radical (unpaired) electrons. The summed E-state index contributed by atoms with van der Waals surface area (Å²) in [6.07, 6.45) is 1.85. The molecule has 1 N–H and O–H groups in total. The number of nitrogens with one attached hydrogen (secondary N) is 1. The number of carbonyl (C=O) groups is 2. The number of para-hydroxylation sites is 2. The third-order valence-electron chi connectivity index (χ3n) is 8.42. The molecule has 2 amide bonds. The maximum Gasteiger partial charge on any atom is 0.239 e. The number of thiazole rings is 1. The van der Waals surface area contributed by atoms with Gasteiger partial charge in [0.15, 0.2) is 0 Å². The van der Waals surface area contributed by atoms with Gasteiger partial charge in [-0.25, -0.2) is 9.88 Å².